The van der Waals surface area contributed by atoms with Gasteiger partial charge < -0.3 is 4.90 Å². The molecular weight excluding hydrogens is 299 g/mol. The van der Waals surface area contributed by atoms with Crippen LogP contribution in [0.5, 0.6) is 0 Å². The van der Waals surface area contributed by atoms with Crippen molar-refractivity contribution in [1.29, 1.82) is 0 Å². The molecule has 1 aromatic rings. The van der Waals surface area contributed by atoms with Crippen molar-refractivity contribution < 1.29 is 18.0 Å². The van der Waals surface area contributed by atoms with Gasteiger partial charge in [-0.05, 0) is 24.6 Å². The Labute approximate surface area is 105 Å². The molecule has 1 saturated heterocycles. The zero-order chi connectivity index (χ0) is 12.6. The first-order valence-electron chi connectivity index (χ1n) is 5.06. The van der Waals surface area contributed by atoms with Crippen LogP contribution < -0.4 is 4.90 Å². The van der Waals surface area contributed by atoms with Gasteiger partial charge in [-0.2, -0.15) is 13.2 Å². The number of nitrogens with zero attached hydrogens (tertiary/aromatic N) is 1. The normalized spacial score (nSPS) is 16.7. The highest BCUT2D eigenvalue weighted by Gasteiger charge is 2.32. The van der Waals surface area contributed by atoms with E-state index in [9.17, 15) is 18.0 Å². The highest BCUT2D eigenvalue weighted by atomic mass is 79.9. The minimum Gasteiger partial charge on any atom is -0.312 e. The summed E-state index contributed by atoms with van der Waals surface area (Å²) >= 11 is 3.03. The fraction of sp³-hybridized carbons (Fsp3) is 0.364. The number of hydrogen-bond acceptors (Lipinski definition) is 1. The number of rotatable bonds is 1. The lowest BCUT2D eigenvalue weighted by Gasteiger charge is -2.18. The van der Waals surface area contributed by atoms with Gasteiger partial charge in [-0.25, -0.2) is 0 Å². The Morgan fingerprint density at radius 1 is 1.24 bits per heavy atom. The molecule has 0 aliphatic carbocycles. The molecule has 0 saturated carbocycles. The SMILES string of the molecule is O=C1CCCN1c1cc(Br)cc(C(F)(F)F)c1. The summed E-state index contributed by atoms with van der Waals surface area (Å²) in [5, 5.41) is 0. The predicted octanol–water partition coefficient (Wildman–Crippen LogP) is 3.59. The second-order valence-corrected chi connectivity index (χ2v) is 4.76. The van der Waals surface area contributed by atoms with E-state index in [1.54, 1.807) is 0 Å². The summed E-state index contributed by atoms with van der Waals surface area (Å²) < 4.78 is 38.1. The number of halogens is 4. The third kappa shape index (κ3) is 2.62. The standard InChI is InChI=1S/C11H9BrF3NO/c12-8-4-7(11(13,14)15)5-9(6-8)16-3-1-2-10(16)17/h4-6H,1-3H2. The van der Waals surface area contributed by atoms with Gasteiger partial charge >= 0.3 is 6.18 Å². The van der Waals surface area contributed by atoms with Gasteiger partial charge in [0.2, 0.25) is 5.91 Å². The van der Waals surface area contributed by atoms with E-state index in [1.165, 1.54) is 11.0 Å². The van der Waals surface area contributed by atoms with Crippen molar-refractivity contribution in [3.05, 3.63) is 28.2 Å². The molecule has 1 fully saturated rings. The number of anilines is 1. The number of benzene rings is 1. The number of carbonyl (C=O) groups is 1. The molecule has 0 radical (unpaired) electrons. The third-order valence-electron chi connectivity index (χ3n) is 2.59. The highest BCUT2D eigenvalue weighted by Crippen LogP contribution is 2.35. The molecule has 0 atom stereocenters. The molecule has 1 aliphatic heterocycles. The number of alkyl halides is 3. The van der Waals surface area contributed by atoms with Gasteiger partial charge in [-0.15, -0.1) is 0 Å². The maximum absolute atomic E-state index is 12.6. The van der Waals surface area contributed by atoms with E-state index in [-0.39, 0.29) is 5.91 Å². The van der Waals surface area contributed by atoms with Crippen LogP contribution in [0.3, 0.4) is 0 Å². The molecule has 0 aromatic heterocycles. The molecule has 2 nitrogen and oxygen atoms in total. The Bertz CT molecular complexity index is 459. The summed E-state index contributed by atoms with van der Waals surface area (Å²) in [7, 11) is 0. The van der Waals surface area contributed by atoms with Crippen LogP contribution in [0.4, 0.5) is 18.9 Å². The van der Waals surface area contributed by atoms with Crippen molar-refractivity contribution in [2.24, 2.45) is 0 Å². The van der Waals surface area contributed by atoms with E-state index in [4.69, 9.17) is 0 Å². The molecule has 0 spiro atoms. The smallest absolute Gasteiger partial charge is 0.312 e. The molecule has 1 heterocycles. The fourth-order valence-electron chi connectivity index (χ4n) is 1.81. The quantitative estimate of drug-likeness (QED) is 0.776. The van der Waals surface area contributed by atoms with Crippen LogP contribution in [0, 0.1) is 0 Å². The van der Waals surface area contributed by atoms with Crippen molar-refractivity contribution >= 4 is 27.5 Å². The van der Waals surface area contributed by atoms with Crippen molar-refractivity contribution in [1.82, 2.24) is 0 Å². The highest BCUT2D eigenvalue weighted by molar-refractivity contribution is 9.10. The maximum Gasteiger partial charge on any atom is 0.416 e. The molecule has 1 amide bonds. The molecule has 17 heavy (non-hydrogen) atoms. The lowest BCUT2D eigenvalue weighted by Crippen LogP contribution is -2.24. The maximum atomic E-state index is 12.6. The lowest BCUT2D eigenvalue weighted by atomic mass is 10.2. The Hall–Kier alpha value is -1.04. The van der Waals surface area contributed by atoms with Crippen LogP contribution in [0.25, 0.3) is 0 Å². The molecule has 2 rings (SSSR count). The van der Waals surface area contributed by atoms with Crippen LogP contribution in [-0.2, 0) is 11.0 Å². The van der Waals surface area contributed by atoms with Crippen LogP contribution >= 0.6 is 15.9 Å². The summed E-state index contributed by atoms with van der Waals surface area (Å²) in [5.41, 5.74) is -0.448. The van der Waals surface area contributed by atoms with Gasteiger partial charge in [-0.3, -0.25) is 4.79 Å². The average Bonchev–Trinajstić information content (AvgIpc) is 2.62. The molecule has 0 unspecified atom stereocenters. The third-order valence-corrected chi connectivity index (χ3v) is 3.05. The van der Waals surface area contributed by atoms with Gasteiger partial charge in [0.25, 0.3) is 0 Å². The largest absolute Gasteiger partial charge is 0.416 e. The Morgan fingerprint density at radius 3 is 2.47 bits per heavy atom. The lowest BCUT2D eigenvalue weighted by molar-refractivity contribution is -0.137. The first-order chi connectivity index (χ1) is 7.88. The minimum absolute atomic E-state index is 0.128. The summed E-state index contributed by atoms with van der Waals surface area (Å²) in [6.45, 7) is 0.479. The predicted molar refractivity (Wildman–Crippen MR) is 60.7 cm³/mol. The summed E-state index contributed by atoms with van der Waals surface area (Å²) in [5.74, 6) is -0.128. The summed E-state index contributed by atoms with van der Waals surface area (Å²) in [4.78, 5) is 12.9. The van der Waals surface area contributed by atoms with E-state index in [0.717, 1.165) is 12.1 Å². The van der Waals surface area contributed by atoms with Crippen molar-refractivity contribution in [2.75, 3.05) is 11.4 Å². The van der Waals surface area contributed by atoms with E-state index in [0.29, 0.717) is 29.5 Å². The van der Waals surface area contributed by atoms with Crippen molar-refractivity contribution in [2.45, 2.75) is 19.0 Å². The summed E-state index contributed by atoms with van der Waals surface area (Å²) in [6.07, 6.45) is -3.32. The molecular formula is C11H9BrF3NO. The molecule has 1 aliphatic rings. The molecule has 1 aromatic carbocycles. The van der Waals surface area contributed by atoms with Crippen LogP contribution in [0.2, 0.25) is 0 Å². The zero-order valence-corrected chi connectivity index (χ0v) is 10.3. The van der Waals surface area contributed by atoms with Gasteiger partial charge in [0, 0.05) is 23.1 Å². The second kappa shape index (κ2) is 4.33. The molecule has 0 bridgehead atoms. The monoisotopic (exact) mass is 307 g/mol. The second-order valence-electron chi connectivity index (χ2n) is 3.84. The molecule has 0 N–H and O–H groups in total. The Morgan fingerprint density at radius 2 is 1.94 bits per heavy atom. The summed E-state index contributed by atoms with van der Waals surface area (Å²) in [6, 6.07) is 3.54. The number of amides is 1. The van der Waals surface area contributed by atoms with Gasteiger partial charge in [0.15, 0.2) is 0 Å². The van der Waals surface area contributed by atoms with Gasteiger partial charge in [0.1, 0.15) is 0 Å². The van der Waals surface area contributed by atoms with Crippen LogP contribution in [0.1, 0.15) is 18.4 Å². The Balaban J connectivity index is 2.41. The minimum atomic E-state index is -4.40. The zero-order valence-electron chi connectivity index (χ0n) is 8.72. The fourth-order valence-corrected chi connectivity index (χ4v) is 2.30. The van der Waals surface area contributed by atoms with Crippen LogP contribution in [-0.4, -0.2) is 12.5 Å². The first kappa shape index (κ1) is 12.4. The average molecular weight is 308 g/mol. The van der Waals surface area contributed by atoms with E-state index < -0.39 is 11.7 Å². The van der Waals surface area contributed by atoms with Crippen LogP contribution in [0.15, 0.2) is 22.7 Å². The number of hydrogen-bond donors (Lipinski definition) is 0. The van der Waals surface area contributed by atoms with Gasteiger partial charge in [0.05, 0.1) is 5.56 Å². The van der Waals surface area contributed by atoms with E-state index >= 15 is 0 Å². The topological polar surface area (TPSA) is 20.3 Å². The van der Waals surface area contributed by atoms with Crippen molar-refractivity contribution in [3.8, 4) is 0 Å². The van der Waals surface area contributed by atoms with E-state index in [2.05, 4.69) is 15.9 Å². The first-order valence-corrected chi connectivity index (χ1v) is 5.85. The van der Waals surface area contributed by atoms with E-state index in [1.807, 2.05) is 0 Å². The van der Waals surface area contributed by atoms with Gasteiger partial charge in [-0.1, -0.05) is 15.9 Å². The molecule has 6 heteroatoms. The molecule has 92 valence electrons. The van der Waals surface area contributed by atoms with Crippen molar-refractivity contribution in [3.63, 3.8) is 0 Å². The Kier molecular flexibility index (Phi) is 3.16. The number of carbonyl (C=O) groups excluding carboxylic acids is 1.